The Kier molecular flexibility index (Phi) is 6.34. The summed E-state index contributed by atoms with van der Waals surface area (Å²) < 4.78 is 26.8. The molecule has 0 aliphatic rings. The minimum absolute atomic E-state index is 0.0493. The Bertz CT molecular complexity index is 979. The van der Waals surface area contributed by atoms with Gasteiger partial charge in [0, 0.05) is 23.5 Å². The van der Waals surface area contributed by atoms with E-state index in [4.69, 9.17) is 11.6 Å². The number of rotatable bonds is 5. The van der Waals surface area contributed by atoms with Crippen molar-refractivity contribution in [3.8, 4) is 0 Å². The van der Waals surface area contributed by atoms with Crippen LogP contribution in [-0.2, 0) is 14.8 Å². The van der Waals surface area contributed by atoms with Gasteiger partial charge in [-0.15, -0.1) is 0 Å². The van der Waals surface area contributed by atoms with E-state index in [1.807, 2.05) is 4.72 Å². The molecule has 2 rings (SSSR count). The lowest BCUT2D eigenvalue weighted by molar-refractivity contribution is -0.118. The van der Waals surface area contributed by atoms with Crippen LogP contribution in [0.1, 0.15) is 19.5 Å². The van der Waals surface area contributed by atoms with E-state index in [9.17, 15) is 18.0 Å². The molecule has 144 valence electrons. The molecule has 0 aliphatic heterocycles. The molecule has 3 N–H and O–H groups in total. The number of nitrogens with zero attached hydrogens (tertiary/aromatic N) is 2. The Morgan fingerprint density at radius 2 is 1.85 bits per heavy atom. The summed E-state index contributed by atoms with van der Waals surface area (Å²) in [6.07, 6.45) is 1.42. The van der Waals surface area contributed by atoms with Crippen molar-refractivity contribution in [3.63, 3.8) is 0 Å². The summed E-state index contributed by atoms with van der Waals surface area (Å²) in [6, 6.07) is 4.52. The van der Waals surface area contributed by atoms with Crippen LogP contribution >= 0.6 is 11.6 Å². The Hall–Kier alpha value is -2.72. The van der Waals surface area contributed by atoms with Gasteiger partial charge >= 0.3 is 6.03 Å². The molecule has 0 spiro atoms. The zero-order valence-corrected chi connectivity index (χ0v) is 16.4. The largest absolute Gasteiger partial charge is 0.335 e. The molecule has 11 heteroatoms. The molecule has 0 aliphatic carbocycles. The number of nitrogens with one attached hydrogen (secondary N) is 3. The molecule has 9 nitrogen and oxygen atoms in total. The third kappa shape index (κ3) is 5.63. The third-order valence-corrected chi connectivity index (χ3v) is 5.07. The van der Waals surface area contributed by atoms with Crippen molar-refractivity contribution < 1.29 is 18.0 Å². The zero-order valence-electron chi connectivity index (χ0n) is 14.8. The standard InChI is InChI=1S/C16H18ClN5O4S/c1-9(2)14(23)20-11-4-5-12(17)13(8-11)27(25,26)22-16(24)21-15-18-7-6-10(3)19-15/h4-9H,1-3H3,(H,20,23)(H2,18,19,21,22,24). The molecule has 0 unspecified atom stereocenters. The molecule has 1 aromatic carbocycles. The first-order valence-corrected chi connectivity index (χ1v) is 9.68. The summed E-state index contributed by atoms with van der Waals surface area (Å²) in [5, 5.41) is 4.69. The topological polar surface area (TPSA) is 130 Å². The van der Waals surface area contributed by atoms with Crippen LogP contribution in [0.4, 0.5) is 16.4 Å². The molecule has 1 aromatic heterocycles. The lowest BCUT2D eigenvalue weighted by Gasteiger charge is -2.12. The average molecular weight is 412 g/mol. The fourth-order valence-electron chi connectivity index (χ4n) is 1.89. The summed E-state index contributed by atoms with van der Waals surface area (Å²) in [6.45, 7) is 5.09. The number of halogens is 1. The van der Waals surface area contributed by atoms with Crippen molar-refractivity contribution >= 4 is 45.2 Å². The highest BCUT2D eigenvalue weighted by Crippen LogP contribution is 2.25. The van der Waals surface area contributed by atoms with Gasteiger partial charge in [-0.25, -0.2) is 27.9 Å². The predicted octanol–water partition coefficient (Wildman–Crippen LogP) is 2.54. The van der Waals surface area contributed by atoms with Crippen molar-refractivity contribution in [2.75, 3.05) is 10.6 Å². The van der Waals surface area contributed by atoms with E-state index >= 15 is 0 Å². The highest BCUT2D eigenvalue weighted by atomic mass is 35.5. The summed E-state index contributed by atoms with van der Waals surface area (Å²) >= 11 is 5.96. The lowest BCUT2D eigenvalue weighted by atomic mass is 10.2. The number of carbonyl (C=O) groups excluding carboxylic acids is 2. The Morgan fingerprint density at radius 3 is 2.48 bits per heavy atom. The van der Waals surface area contributed by atoms with Crippen LogP contribution < -0.4 is 15.4 Å². The van der Waals surface area contributed by atoms with E-state index in [1.54, 1.807) is 26.8 Å². The van der Waals surface area contributed by atoms with Crippen LogP contribution in [0.15, 0.2) is 35.4 Å². The van der Waals surface area contributed by atoms with Gasteiger partial charge in [0.15, 0.2) is 0 Å². The van der Waals surface area contributed by atoms with E-state index in [2.05, 4.69) is 20.6 Å². The zero-order chi connectivity index (χ0) is 20.2. The molecule has 27 heavy (non-hydrogen) atoms. The number of aryl methyl sites for hydroxylation is 1. The van der Waals surface area contributed by atoms with Gasteiger partial charge in [0.05, 0.1) is 5.02 Å². The Morgan fingerprint density at radius 1 is 1.15 bits per heavy atom. The van der Waals surface area contributed by atoms with Crippen LogP contribution in [0.5, 0.6) is 0 Å². The van der Waals surface area contributed by atoms with E-state index in [0.29, 0.717) is 5.69 Å². The highest BCUT2D eigenvalue weighted by Gasteiger charge is 2.22. The molecule has 1 heterocycles. The van der Waals surface area contributed by atoms with Crippen LogP contribution in [-0.4, -0.2) is 30.3 Å². The fourth-order valence-corrected chi connectivity index (χ4v) is 3.32. The van der Waals surface area contributed by atoms with Gasteiger partial charge in [0.25, 0.3) is 10.0 Å². The number of carbonyl (C=O) groups is 2. The van der Waals surface area contributed by atoms with E-state index in [1.165, 1.54) is 24.4 Å². The number of sulfonamides is 1. The maximum Gasteiger partial charge on any atom is 0.335 e. The maximum absolute atomic E-state index is 12.5. The van der Waals surface area contributed by atoms with Gasteiger partial charge in [-0.3, -0.25) is 10.1 Å². The Labute approximate surface area is 161 Å². The first-order chi connectivity index (χ1) is 12.6. The normalized spacial score (nSPS) is 11.1. The Balaban J connectivity index is 2.20. The monoisotopic (exact) mass is 411 g/mol. The van der Waals surface area contributed by atoms with Crippen molar-refractivity contribution in [3.05, 3.63) is 41.2 Å². The number of amides is 3. The van der Waals surface area contributed by atoms with E-state index < -0.39 is 16.1 Å². The summed E-state index contributed by atoms with van der Waals surface area (Å²) in [5.41, 5.74) is 0.834. The number of aromatic nitrogens is 2. The average Bonchev–Trinajstić information content (AvgIpc) is 2.55. The van der Waals surface area contributed by atoms with Crippen molar-refractivity contribution in [1.29, 1.82) is 0 Å². The summed E-state index contributed by atoms with van der Waals surface area (Å²) in [5.74, 6) is -0.631. The quantitative estimate of drug-likeness (QED) is 0.693. The second-order valence-corrected chi connectivity index (χ2v) is 7.93. The summed E-state index contributed by atoms with van der Waals surface area (Å²) in [7, 11) is -4.30. The second kappa shape index (κ2) is 8.31. The van der Waals surface area contributed by atoms with Crippen LogP contribution in [0.3, 0.4) is 0 Å². The van der Waals surface area contributed by atoms with Crippen LogP contribution in [0, 0.1) is 12.8 Å². The van der Waals surface area contributed by atoms with Gasteiger partial charge in [-0.05, 0) is 31.2 Å². The van der Waals surface area contributed by atoms with E-state index in [-0.39, 0.29) is 33.4 Å². The molecular formula is C16H18ClN5O4S. The number of hydrogen-bond acceptors (Lipinski definition) is 6. The molecule has 0 atom stereocenters. The third-order valence-electron chi connectivity index (χ3n) is 3.26. The minimum atomic E-state index is -4.30. The second-order valence-electron chi connectivity index (χ2n) is 5.87. The highest BCUT2D eigenvalue weighted by molar-refractivity contribution is 7.90. The van der Waals surface area contributed by atoms with Crippen molar-refractivity contribution in [2.24, 2.45) is 5.92 Å². The first-order valence-electron chi connectivity index (χ1n) is 7.82. The number of hydrogen-bond donors (Lipinski definition) is 3. The maximum atomic E-state index is 12.5. The van der Waals surface area contributed by atoms with E-state index in [0.717, 1.165) is 0 Å². The molecule has 3 amide bonds. The lowest BCUT2D eigenvalue weighted by Crippen LogP contribution is -2.35. The molecule has 0 radical (unpaired) electrons. The number of anilines is 2. The minimum Gasteiger partial charge on any atom is -0.326 e. The van der Waals surface area contributed by atoms with Gasteiger partial charge in [0.2, 0.25) is 11.9 Å². The van der Waals surface area contributed by atoms with Crippen LogP contribution in [0.25, 0.3) is 0 Å². The molecule has 2 aromatic rings. The first kappa shape index (κ1) is 20.6. The fraction of sp³-hybridized carbons (Fsp3) is 0.250. The van der Waals surface area contributed by atoms with Crippen molar-refractivity contribution in [2.45, 2.75) is 25.7 Å². The van der Waals surface area contributed by atoms with Gasteiger partial charge in [-0.1, -0.05) is 25.4 Å². The smallest absolute Gasteiger partial charge is 0.326 e. The predicted molar refractivity (Wildman–Crippen MR) is 101 cm³/mol. The van der Waals surface area contributed by atoms with Gasteiger partial charge < -0.3 is 5.32 Å². The molecule has 0 bridgehead atoms. The van der Waals surface area contributed by atoms with Gasteiger partial charge in [0.1, 0.15) is 4.90 Å². The molecule has 0 saturated carbocycles. The number of benzene rings is 1. The SMILES string of the molecule is Cc1ccnc(NC(=O)NS(=O)(=O)c2cc(NC(=O)C(C)C)ccc2Cl)n1. The summed E-state index contributed by atoms with van der Waals surface area (Å²) in [4.78, 5) is 31.2. The van der Waals surface area contributed by atoms with Crippen LogP contribution in [0.2, 0.25) is 5.02 Å². The molecular weight excluding hydrogens is 394 g/mol. The molecule has 0 fully saturated rings. The number of urea groups is 1. The van der Waals surface area contributed by atoms with Crippen molar-refractivity contribution in [1.82, 2.24) is 14.7 Å². The molecule has 0 saturated heterocycles. The van der Waals surface area contributed by atoms with Gasteiger partial charge in [-0.2, -0.15) is 0 Å².